The molecule has 2 heterocycles. The summed E-state index contributed by atoms with van der Waals surface area (Å²) in [5.41, 5.74) is 6.15. The summed E-state index contributed by atoms with van der Waals surface area (Å²) in [5, 5.41) is 3.43. The molecule has 0 bridgehead atoms. The Labute approximate surface area is 159 Å². The number of fused-ring (bicyclic) bond motifs is 1. The first-order valence-corrected chi connectivity index (χ1v) is 8.54. The van der Waals surface area contributed by atoms with Crippen molar-refractivity contribution in [2.45, 2.75) is 0 Å². The number of hydrogen-bond acceptors (Lipinski definition) is 9. The van der Waals surface area contributed by atoms with Crippen molar-refractivity contribution in [1.29, 1.82) is 0 Å². The molecule has 0 radical (unpaired) electrons. The maximum Gasteiger partial charge on any atom is 0.265 e. The largest absolute Gasteiger partial charge is 0.493 e. The number of rotatable bonds is 6. The molecule has 142 valence electrons. The molecule has 0 aliphatic heterocycles. The van der Waals surface area contributed by atoms with Crippen LogP contribution in [0.3, 0.4) is 0 Å². The zero-order chi connectivity index (χ0) is 19.6. The summed E-state index contributed by atoms with van der Waals surface area (Å²) in [5.74, 6) is 1.38. The number of methoxy groups -OCH3 is 4. The first-order valence-electron chi connectivity index (χ1n) is 7.73. The number of amides is 1. The lowest BCUT2D eigenvalue weighted by atomic mass is 10.2. The normalized spacial score (nSPS) is 10.5. The van der Waals surface area contributed by atoms with E-state index in [0.29, 0.717) is 43.9 Å². The molecule has 10 heteroatoms. The fourth-order valence-electron chi connectivity index (χ4n) is 2.52. The van der Waals surface area contributed by atoms with Crippen molar-refractivity contribution >= 4 is 39.1 Å². The highest BCUT2D eigenvalue weighted by atomic mass is 32.1. The Morgan fingerprint density at radius 1 is 1.00 bits per heavy atom. The first-order chi connectivity index (χ1) is 13.0. The molecule has 3 rings (SSSR count). The second kappa shape index (κ2) is 7.54. The number of benzene rings is 1. The van der Waals surface area contributed by atoms with Gasteiger partial charge in [-0.1, -0.05) is 0 Å². The topological polar surface area (TPSA) is 118 Å². The van der Waals surface area contributed by atoms with E-state index in [2.05, 4.69) is 15.3 Å². The summed E-state index contributed by atoms with van der Waals surface area (Å²) >= 11 is 1.19. The van der Waals surface area contributed by atoms with Gasteiger partial charge in [-0.05, 0) is 6.07 Å². The molecule has 9 nitrogen and oxygen atoms in total. The van der Waals surface area contributed by atoms with Gasteiger partial charge < -0.3 is 30.0 Å². The fourth-order valence-corrected chi connectivity index (χ4v) is 3.45. The van der Waals surface area contributed by atoms with Gasteiger partial charge in [0, 0.05) is 17.8 Å². The average molecular weight is 390 g/mol. The number of carbonyl (C=O) groups excluding carboxylic acids is 1. The van der Waals surface area contributed by atoms with E-state index in [-0.39, 0.29) is 11.9 Å². The van der Waals surface area contributed by atoms with Crippen molar-refractivity contribution in [1.82, 2.24) is 9.97 Å². The van der Waals surface area contributed by atoms with Gasteiger partial charge in [-0.15, -0.1) is 11.3 Å². The standard InChI is InChI=1S/C17H18N4O5S/c1-23-10-5-8(6-11(24-2)13(10)25-3)19-14(22)12-7-9-15(26-4)20-17(18)21-16(9)27-12/h5-7H,1-4H3,(H,19,22)(H2,18,20,21). The van der Waals surface area contributed by atoms with Crippen molar-refractivity contribution in [2.75, 3.05) is 39.5 Å². The summed E-state index contributed by atoms with van der Waals surface area (Å²) in [4.78, 5) is 21.8. The lowest BCUT2D eigenvalue weighted by molar-refractivity contribution is 0.103. The quantitative estimate of drug-likeness (QED) is 0.659. The molecular weight excluding hydrogens is 372 g/mol. The van der Waals surface area contributed by atoms with Crippen LogP contribution in [0.5, 0.6) is 23.1 Å². The van der Waals surface area contributed by atoms with Crippen LogP contribution in [0.2, 0.25) is 0 Å². The van der Waals surface area contributed by atoms with Gasteiger partial charge in [0.2, 0.25) is 17.6 Å². The third kappa shape index (κ3) is 3.51. The van der Waals surface area contributed by atoms with E-state index in [1.54, 1.807) is 18.2 Å². The fraction of sp³-hybridized carbons (Fsp3) is 0.235. The van der Waals surface area contributed by atoms with Crippen LogP contribution in [0.25, 0.3) is 10.2 Å². The Hall–Kier alpha value is -3.27. The number of nitrogen functional groups attached to an aromatic ring is 1. The highest BCUT2D eigenvalue weighted by Crippen LogP contribution is 2.40. The van der Waals surface area contributed by atoms with Crippen LogP contribution in [-0.4, -0.2) is 44.3 Å². The zero-order valence-electron chi connectivity index (χ0n) is 15.2. The van der Waals surface area contributed by atoms with E-state index in [0.717, 1.165) is 0 Å². The molecule has 0 unspecified atom stereocenters. The van der Waals surface area contributed by atoms with Gasteiger partial charge in [-0.25, -0.2) is 4.98 Å². The van der Waals surface area contributed by atoms with Crippen LogP contribution in [-0.2, 0) is 0 Å². The van der Waals surface area contributed by atoms with Gasteiger partial charge in [0.05, 0.1) is 38.7 Å². The second-order valence-corrected chi connectivity index (χ2v) is 6.32. The summed E-state index contributed by atoms with van der Waals surface area (Å²) < 4.78 is 21.1. The number of nitrogens with zero attached hydrogens (tertiary/aromatic N) is 2. The monoisotopic (exact) mass is 390 g/mol. The van der Waals surface area contributed by atoms with Crippen LogP contribution < -0.4 is 30.0 Å². The second-order valence-electron chi connectivity index (χ2n) is 5.29. The number of hydrogen-bond donors (Lipinski definition) is 2. The molecule has 1 aromatic carbocycles. The van der Waals surface area contributed by atoms with Crippen molar-refractivity contribution in [3.63, 3.8) is 0 Å². The van der Waals surface area contributed by atoms with E-state index < -0.39 is 0 Å². The molecule has 1 amide bonds. The lowest BCUT2D eigenvalue weighted by Gasteiger charge is -2.14. The molecule has 3 N–H and O–H groups in total. The van der Waals surface area contributed by atoms with Crippen LogP contribution in [0.1, 0.15) is 9.67 Å². The van der Waals surface area contributed by atoms with Gasteiger partial charge in [-0.2, -0.15) is 4.98 Å². The van der Waals surface area contributed by atoms with Crippen molar-refractivity contribution in [3.05, 3.63) is 23.1 Å². The third-order valence-corrected chi connectivity index (χ3v) is 4.74. The molecule has 0 spiro atoms. The summed E-state index contributed by atoms with van der Waals surface area (Å²) in [6, 6.07) is 4.95. The zero-order valence-corrected chi connectivity index (χ0v) is 16.0. The molecule has 3 aromatic rings. The minimum absolute atomic E-state index is 0.0813. The number of ether oxygens (including phenoxy) is 4. The molecular formula is C17H18N4O5S. The van der Waals surface area contributed by atoms with Crippen molar-refractivity contribution < 1.29 is 23.7 Å². The number of anilines is 2. The lowest BCUT2D eigenvalue weighted by Crippen LogP contribution is -2.10. The molecule has 0 aliphatic carbocycles. The van der Waals surface area contributed by atoms with Crippen LogP contribution >= 0.6 is 11.3 Å². The van der Waals surface area contributed by atoms with Crippen molar-refractivity contribution in [3.8, 4) is 23.1 Å². The van der Waals surface area contributed by atoms with Crippen molar-refractivity contribution in [2.24, 2.45) is 0 Å². The smallest absolute Gasteiger partial charge is 0.265 e. The third-order valence-electron chi connectivity index (χ3n) is 3.71. The first kappa shape index (κ1) is 18.5. The number of aromatic nitrogens is 2. The predicted octanol–water partition coefficient (Wildman–Crippen LogP) is 2.56. The highest BCUT2D eigenvalue weighted by Gasteiger charge is 2.18. The van der Waals surface area contributed by atoms with Crippen LogP contribution in [0.4, 0.5) is 11.6 Å². The minimum atomic E-state index is -0.326. The summed E-state index contributed by atoms with van der Waals surface area (Å²) in [7, 11) is 6.00. The van der Waals surface area contributed by atoms with E-state index in [1.165, 1.54) is 39.8 Å². The van der Waals surface area contributed by atoms with E-state index in [4.69, 9.17) is 24.7 Å². The highest BCUT2D eigenvalue weighted by molar-refractivity contribution is 7.20. The Morgan fingerprint density at radius 3 is 2.22 bits per heavy atom. The molecule has 2 aromatic heterocycles. The van der Waals surface area contributed by atoms with E-state index >= 15 is 0 Å². The molecule has 0 aliphatic rings. The maximum absolute atomic E-state index is 12.7. The van der Waals surface area contributed by atoms with Gasteiger partial charge in [0.15, 0.2) is 11.5 Å². The van der Waals surface area contributed by atoms with Gasteiger partial charge in [0.25, 0.3) is 5.91 Å². The van der Waals surface area contributed by atoms with E-state index in [1.807, 2.05) is 0 Å². The average Bonchev–Trinajstić information content (AvgIpc) is 3.10. The van der Waals surface area contributed by atoms with Gasteiger partial charge in [-0.3, -0.25) is 4.79 Å². The van der Waals surface area contributed by atoms with E-state index in [9.17, 15) is 4.79 Å². The molecule has 0 saturated carbocycles. The van der Waals surface area contributed by atoms with Crippen LogP contribution in [0.15, 0.2) is 18.2 Å². The number of nitrogens with two attached hydrogens (primary N) is 1. The Morgan fingerprint density at radius 2 is 1.67 bits per heavy atom. The number of thiophene rings is 1. The Balaban J connectivity index is 1.95. The maximum atomic E-state index is 12.7. The Bertz CT molecular complexity index is 979. The Kier molecular flexibility index (Phi) is 5.17. The minimum Gasteiger partial charge on any atom is -0.493 e. The molecule has 27 heavy (non-hydrogen) atoms. The van der Waals surface area contributed by atoms with Gasteiger partial charge in [0.1, 0.15) is 4.83 Å². The number of carbonyl (C=O) groups is 1. The number of nitrogens with one attached hydrogen (secondary N) is 1. The van der Waals surface area contributed by atoms with Crippen LogP contribution in [0, 0.1) is 0 Å². The summed E-state index contributed by atoms with van der Waals surface area (Å²) in [6.07, 6.45) is 0. The SMILES string of the molecule is COc1cc(NC(=O)c2cc3c(OC)nc(N)nc3s2)cc(OC)c1OC. The molecule has 0 fully saturated rings. The predicted molar refractivity (Wildman–Crippen MR) is 102 cm³/mol. The summed E-state index contributed by atoms with van der Waals surface area (Å²) in [6.45, 7) is 0. The molecule has 0 saturated heterocycles. The van der Waals surface area contributed by atoms with Gasteiger partial charge >= 0.3 is 0 Å². The molecule has 0 atom stereocenters.